The number of aromatic carboxylic acids is 1. The number of rotatable bonds is 6. The fraction of sp³-hybridized carbons (Fsp3) is 0.417. The van der Waals surface area contributed by atoms with Crippen LogP contribution in [0.15, 0.2) is 24.3 Å². The number of benzene rings is 1. The first-order chi connectivity index (χ1) is 8.82. The lowest BCUT2D eigenvalue weighted by molar-refractivity contribution is -0.215. The van der Waals surface area contributed by atoms with Gasteiger partial charge in [-0.2, -0.15) is 13.2 Å². The Morgan fingerprint density at radius 1 is 1.32 bits per heavy atom. The molecule has 0 bridgehead atoms. The van der Waals surface area contributed by atoms with E-state index in [-0.39, 0.29) is 24.5 Å². The van der Waals surface area contributed by atoms with Crippen molar-refractivity contribution in [3.8, 4) is 5.75 Å². The highest BCUT2D eigenvalue weighted by molar-refractivity contribution is 5.90. The topological polar surface area (TPSA) is 55.8 Å². The van der Waals surface area contributed by atoms with Gasteiger partial charge >= 0.3 is 12.1 Å². The van der Waals surface area contributed by atoms with E-state index in [0.717, 1.165) is 6.92 Å². The van der Waals surface area contributed by atoms with Crippen LogP contribution in [0.1, 0.15) is 17.3 Å². The summed E-state index contributed by atoms with van der Waals surface area (Å²) in [4.78, 5) is 10.8. The molecule has 1 aromatic rings. The average molecular weight is 278 g/mol. The molecule has 0 saturated carbocycles. The molecule has 19 heavy (non-hydrogen) atoms. The highest BCUT2D eigenvalue weighted by Gasteiger charge is 2.36. The van der Waals surface area contributed by atoms with Crippen molar-refractivity contribution in [2.75, 3.05) is 13.2 Å². The van der Waals surface area contributed by atoms with E-state index in [0.29, 0.717) is 0 Å². The summed E-state index contributed by atoms with van der Waals surface area (Å²) < 4.78 is 46.0. The van der Waals surface area contributed by atoms with Crippen molar-refractivity contribution < 1.29 is 32.5 Å². The fourth-order valence-electron chi connectivity index (χ4n) is 1.24. The minimum absolute atomic E-state index is 0.0497. The van der Waals surface area contributed by atoms with Gasteiger partial charge < -0.3 is 14.6 Å². The maximum absolute atomic E-state index is 12.1. The average Bonchev–Trinajstić information content (AvgIpc) is 2.33. The second kappa shape index (κ2) is 6.42. The van der Waals surface area contributed by atoms with Crippen LogP contribution in [0.2, 0.25) is 0 Å². The van der Waals surface area contributed by atoms with Gasteiger partial charge in [0.15, 0.2) is 6.10 Å². The Bertz CT molecular complexity index is 431. The third-order valence-corrected chi connectivity index (χ3v) is 2.29. The van der Waals surface area contributed by atoms with Crippen LogP contribution in [-0.2, 0) is 4.74 Å². The van der Waals surface area contributed by atoms with E-state index in [1.807, 2.05) is 0 Å². The first-order valence-electron chi connectivity index (χ1n) is 5.46. The third kappa shape index (κ3) is 4.78. The van der Waals surface area contributed by atoms with Crippen LogP contribution in [0.3, 0.4) is 0 Å². The third-order valence-electron chi connectivity index (χ3n) is 2.29. The lowest BCUT2D eigenvalue weighted by atomic mass is 10.2. The molecule has 0 amide bonds. The van der Waals surface area contributed by atoms with Gasteiger partial charge in [0.05, 0.1) is 6.61 Å². The van der Waals surface area contributed by atoms with E-state index in [2.05, 4.69) is 4.74 Å². The van der Waals surface area contributed by atoms with Crippen LogP contribution >= 0.6 is 0 Å². The molecule has 0 aliphatic carbocycles. The van der Waals surface area contributed by atoms with Crippen molar-refractivity contribution >= 4 is 5.97 Å². The lowest BCUT2D eigenvalue weighted by Gasteiger charge is -2.16. The molecule has 0 aromatic heterocycles. The fourth-order valence-corrected chi connectivity index (χ4v) is 1.24. The van der Waals surface area contributed by atoms with Gasteiger partial charge in [-0.1, -0.05) is 12.1 Å². The Labute approximate surface area is 107 Å². The van der Waals surface area contributed by atoms with Crippen molar-refractivity contribution in [2.24, 2.45) is 0 Å². The minimum atomic E-state index is -4.42. The van der Waals surface area contributed by atoms with Gasteiger partial charge in [-0.15, -0.1) is 0 Å². The number of hydrogen-bond acceptors (Lipinski definition) is 3. The zero-order valence-electron chi connectivity index (χ0n) is 10.1. The van der Waals surface area contributed by atoms with Crippen LogP contribution in [-0.4, -0.2) is 36.6 Å². The molecule has 1 N–H and O–H groups in total. The van der Waals surface area contributed by atoms with E-state index in [1.54, 1.807) is 6.07 Å². The molecule has 1 unspecified atom stereocenters. The largest absolute Gasteiger partial charge is 0.490 e. The number of halogens is 3. The van der Waals surface area contributed by atoms with Crippen LogP contribution in [0.4, 0.5) is 13.2 Å². The molecule has 0 aliphatic rings. The van der Waals surface area contributed by atoms with E-state index >= 15 is 0 Å². The molecule has 7 heteroatoms. The van der Waals surface area contributed by atoms with Gasteiger partial charge in [-0.25, -0.2) is 4.79 Å². The molecule has 0 saturated heterocycles. The highest BCUT2D eigenvalue weighted by atomic mass is 19.4. The van der Waals surface area contributed by atoms with Crippen molar-refractivity contribution in [1.29, 1.82) is 0 Å². The van der Waals surface area contributed by atoms with Crippen molar-refractivity contribution in [3.63, 3.8) is 0 Å². The molecule has 0 heterocycles. The summed E-state index contributed by atoms with van der Waals surface area (Å²) in [5, 5.41) is 8.86. The molecule has 0 aliphatic heterocycles. The zero-order chi connectivity index (χ0) is 14.5. The lowest BCUT2D eigenvalue weighted by Crippen LogP contribution is -2.30. The van der Waals surface area contributed by atoms with Gasteiger partial charge in [0.1, 0.15) is 17.9 Å². The van der Waals surface area contributed by atoms with Gasteiger partial charge in [-0.05, 0) is 19.1 Å². The van der Waals surface area contributed by atoms with Crippen molar-refractivity contribution in [2.45, 2.75) is 19.2 Å². The van der Waals surface area contributed by atoms with Crippen molar-refractivity contribution in [3.05, 3.63) is 29.8 Å². The number of alkyl halides is 3. The van der Waals surface area contributed by atoms with E-state index in [4.69, 9.17) is 9.84 Å². The number of hydrogen-bond donors (Lipinski definition) is 1. The maximum atomic E-state index is 12.1. The predicted molar refractivity (Wildman–Crippen MR) is 60.4 cm³/mol. The number of carbonyl (C=O) groups is 1. The quantitative estimate of drug-likeness (QED) is 0.813. The number of carboxylic acids is 1. The monoisotopic (exact) mass is 278 g/mol. The summed E-state index contributed by atoms with van der Waals surface area (Å²) >= 11 is 0. The summed E-state index contributed by atoms with van der Waals surface area (Å²) in [6.07, 6.45) is -6.30. The Hall–Kier alpha value is -1.76. The summed E-state index contributed by atoms with van der Waals surface area (Å²) in [5.74, 6) is -1.07. The van der Waals surface area contributed by atoms with Gasteiger partial charge in [0.25, 0.3) is 0 Å². The maximum Gasteiger partial charge on any atom is 0.414 e. The second-order valence-electron chi connectivity index (χ2n) is 3.70. The number of para-hydroxylation sites is 1. The Balaban J connectivity index is 2.44. The Morgan fingerprint density at radius 3 is 2.53 bits per heavy atom. The summed E-state index contributed by atoms with van der Waals surface area (Å²) in [7, 11) is 0. The second-order valence-corrected chi connectivity index (χ2v) is 3.70. The molecular weight excluding hydrogens is 265 g/mol. The normalized spacial score (nSPS) is 13.1. The summed E-state index contributed by atoms with van der Waals surface area (Å²) in [6.45, 7) is 0.449. The highest BCUT2D eigenvalue weighted by Crippen LogP contribution is 2.22. The number of carboxylic acid groups (broad SMARTS) is 1. The molecule has 0 fully saturated rings. The van der Waals surface area contributed by atoms with Gasteiger partial charge in [0.2, 0.25) is 0 Å². The smallest absolute Gasteiger partial charge is 0.414 e. The van der Waals surface area contributed by atoms with E-state index in [9.17, 15) is 18.0 Å². The molecule has 1 rings (SSSR count). The van der Waals surface area contributed by atoms with Crippen LogP contribution < -0.4 is 4.74 Å². The van der Waals surface area contributed by atoms with Crippen LogP contribution in [0, 0.1) is 0 Å². The molecule has 0 spiro atoms. The first-order valence-corrected chi connectivity index (χ1v) is 5.46. The zero-order valence-corrected chi connectivity index (χ0v) is 10.1. The Morgan fingerprint density at radius 2 is 1.95 bits per heavy atom. The van der Waals surface area contributed by atoms with E-state index < -0.39 is 18.2 Å². The molecule has 1 atom stereocenters. The first kappa shape index (κ1) is 15.3. The van der Waals surface area contributed by atoms with Crippen molar-refractivity contribution in [1.82, 2.24) is 0 Å². The molecule has 0 radical (unpaired) electrons. The van der Waals surface area contributed by atoms with Gasteiger partial charge in [0, 0.05) is 0 Å². The van der Waals surface area contributed by atoms with E-state index in [1.165, 1.54) is 18.2 Å². The molecular formula is C12H13F3O4. The summed E-state index contributed by atoms with van der Waals surface area (Å²) in [5.41, 5.74) is -0.0497. The standard InChI is InChI=1S/C12H13F3O4/c1-8(12(13,14)15)18-6-7-19-10-5-3-2-4-9(10)11(16)17/h2-5,8H,6-7H2,1H3,(H,16,17). The predicted octanol–water partition coefficient (Wildman–Crippen LogP) is 2.73. The van der Waals surface area contributed by atoms with Crippen LogP contribution in [0.5, 0.6) is 5.75 Å². The number of ether oxygens (including phenoxy) is 2. The molecule has 4 nitrogen and oxygen atoms in total. The SMILES string of the molecule is CC(OCCOc1ccccc1C(=O)O)C(F)(F)F. The molecule has 1 aromatic carbocycles. The molecule has 106 valence electrons. The summed E-state index contributed by atoms with van der Waals surface area (Å²) in [6, 6.07) is 5.87. The van der Waals surface area contributed by atoms with Crippen LogP contribution in [0.25, 0.3) is 0 Å². The Kier molecular flexibility index (Phi) is 5.17. The minimum Gasteiger partial charge on any atom is -0.490 e. The van der Waals surface area contributed by atoms with Gasteiger partial charge in [-0.3, -0.25) is 0 Å².